The zero-order chi connectivity index (χ0) is 14.5. The van der Waals surface area contributed by atoms with E-state index >= 15 is 0 Å². The molecule has 0 aliphatic carbocycles. The Kier molecular flexibility index (Phi) is 5.11. The fourth-order valence-corrected chi connectivity index (χ4v) is 1.21. The molecule has 0 fully saturated rings. The van der Waals surface area contributed by atoms with Crippen molar-refractivity contribution in [2.75, 3.05) is 19.8 Å². The molecule has 1 heterocycles. The lowest BCUT2D eigenvalue weighted by atomic mass is 10.2. The molecular formula is C11H12F3NO4. The van der Waals surface area contributed by atoms with Gasteiger partial charge in [-0.25, -0.2) is 9.78 Å². The number of rotatable bonds is 6. The smallest absolute Gasteiger partial charge is 0.433 e. The zero-order valence-electron chi connectivity index (χ0n) is 10.0. The minimum atomic E-state index is -4.66. The van der Waals surface area contributed by atoms with Gasteiger partial charge in [0, 0.05) is 6.61 Å². The summed E-state index contributed by atoms with van der Waals surface area (Å²) in [6.07, 6.45) is -4.66. The number of halogens is 3. The standard InChI is InChI=1S/C11H12F3NO4/c1-2-18-5-6-19-9-7(10(16)17)3-4-8(15-9)11(12,13)14/h3-4H,2,5-6H2,1H3,(H,16,17). The van der Waals surface area contributed by atoms with E-state index in [1.54, 1.807) is 6.92 Å². The van der Waals surface area contributed by atoms with Crippen LogP contribution in [0.3, 0.4) is 0 Å². The van der Waals surface area contributed by atoms with E-state index in [2.05, 4.69) is 4.98 Å². The number of nitrogens with zero attached hydrogens (tertiary/aromatic N) is 1. The number of hydrogen-bond donors (Lipinski definition) is 1. The van der Waals surface area contributed by atoms with Gasteiger partial charge in [-0.2, -0.15) is 13.2 Å². The first-order chi connectivity index (χ1) is 8.86. The summed E-state index contributed by atoms with van der Waals surface area (Å²) in [5.74, 6) is -1.98. The molecule has 0 aromatic carbocycles. The Morgan fingerprint density at radius 2 is 2.05 bits per heavy atom. The molecule has 1 rings (SSSR count). The molecule has 0 saturated heterocycles. The van der Waals surface area contributed by atoms with Gasteiger partial charge in [-0.05, 0) is 19.1 Å². The van der Waals surface area contributed by atoms with Crippen molar-refractivity contribution in [2.24, 2.45) is 0 Å². The molecule has 0 aliphatic heterocycles. The second-order valence-corrected chi connectivity index (χ2v) is 3.40. The minimum Gasteiger partial charge on any atom is -0.477 e. The Hall–Kier alpha value is -1.83. The van der Waals surface area contributed by atoms with Crippen LogP contribution >= 0.6 is 0 Å². The van der Waals surface area contributed by atoms with Gasteiger partial charge < -0.3 is 14.6 Å². The van der Waals surface area contributed by atoms with E-state index in [9.17, 15) is 18.0 Å². The van der Waals surface area contributed by atoms with Crippen LogP contribution in [0, 0.1) is 0 Å². The minimum absolute atomic E-state index is 0.0809. The molecule has 8 heteroatoms. The zero-order valence-corrected chi connectivity index (χ0v) is 10.0. The number of aromatic nitrogens is 1. The molecule has 0 saturated carbocycles. The highest BCUT2D eigenvalue weighted by molar-refractivity contribution is 5.90. The van der Waals surface area contributed by atoms with Crippen molar-refractivity contribution in [3.8, 4) is 5.88 Å². The van der Waals surface area contributed by atoms with E-state index in [1.807, 2.05) is 0 Å². The first-order valence-electron chi connectivity index (χ1n) is 5.38. The number of carboxylic acid groups (broad SMARTS) is 1. The molecule has 0 bridgehead atoms. The van der Waals surface area contributed by atoms with Crippen molar-refractivity contribution in [1.29, 1.82) is 0 Å². The van der Waals surface area contributed by atoms with E-state index in [-0.39, 0.29) is 13.2 Å². The van der Waals surface area contributed by atoms with Crippen LogP contribution in [-0.2, 0) is 10.9 Å². The molecular weight excluding hydrogens is 267 g/mol. The summed E-state index contributed by atoms with van der Waals surface area (Å²) in [4.78, 5) is 14.0. The average Bonchev–Trinajstić information content (AvgIpc) is 2.33. The van der Waals surface area contributed by atoms with Crippen LogP contribution in [0.1, 0.15) is 23.0 Å². The molecule has 1 aromatic rings. The van der Waals surface area contributed by atoms with Crippen LogP contribution < -0.4 is 4.74 Å². The van der Waals surface area contributed by atoms with E-state index in [1.165, 1.54) is 0 Å². The normalized spacial score (nSPS) is 11.4. The summed E-state index contributed by atoms with van der Waals surface area (Å²) in [6, 6.07) is 1.41. The first-order valence-corrected chi connectivity index (χ1v) is 5.38. The van der Waals surface area contributed by atoms with E-state index in [0.29, 0.717) is 12.7 Å². The van der Waals surface area contributed by atoms with Crippen molar-refractivity contribution >= 4 is 5.97 Å². The lowest BCUT2D eigenvalue weighted by Crippen LogP contribution is -2.14. The molecule has 0 spiro atoms. The predicted molar refractivity (Wildman–Crippen MR) is 58.2 cm³/mol. The Morgan fingerprint density at radius 1 is 1.37 bits per heavy atom. The summed E-state index contributed by atoms with van der Waals surface area (Å²) in [5.41, 5.74) is -1.63. The Balaban J connectivity index is 2.93. The van der Waals surface area contributed by atoms with Crippen molar-refractivity contribution in [3.05, 3.63) is 23.4 Å². The molecule has 5 nitrogen and oxygen atoms in total. The Morgan fingerprint density at radius 3 is 2.58 bits per heavy atom. The average molecular weight is 279 g/mol. The second kappa shape index (κ2) is 6.37. The van der Waals surface area contributed by atoms with Crippen LogP contribution in [0.2, 0.25) is 0 Å². The lowest BCUT2D eigenvalue weighted by Gasteiger charge is -2.11. The molecule has 0 radical (unpaired) electrons. The van der Waals surface area contributed by atoms with Gasteiger partial charge in [0.25, 0.3) is 0 Å². The number of alkyl halides is 3. The third-order valence-corrected chi connectivity index (χ3v) is 2.05. The Labute approximate surface area is 107 Å². The van der Waals surface area contributed by atoms with Crippen LogP contribution in [0.5, 0.6) is 5.88 Å². The maximum Gasteiger partial charge on any atom is 0.433 e. The number of carboxylic acids is 1. The summed E-state index contributed by atoms with van der Waals surface area (Å²) in [7, 11) is 0. The molecule has 1 aromatic heterocycles. The van der Waals surface area contributed by atoms with Crippen LogP contribution in [0.25, 0.3) is 0 Å². The van der Waals surface area contributed by atoms with Gasteiger partial charge in [0.2, 0.25) is 5.88 Å². The van der Waals surface area contributed by atoms with Gasteiger partial charge in [0.1, 0.15) is 17.9 Å². The summed E-state index contributed by atoms with van der Waals surface area (Å²) >= 11 is 0. The van der Waals surface area contributed by atoms with Crippen molar-refractivity contribution in [3.63, 3.8) is 0 Å². The fourth-order valence-electron chi connectivity index (χ4n) is 1.21. The number of carbonyl (C=O) groups is 1. The van der Waals surface area contributed by atoms with E-state index in [4.69, 9.17) is 14.6 Å². The first kappa shape index (κ1) is 15.2. The van der Waals surface area contributed by atoms with Crippen LogP contribution in [0.4, 0.5) is 13.2 Å². The SMILES string of the molecule is CCOCCOc1nc(C(F)(F)F)ccc1C(=O)O. The summed E-state index contributed by atoms with van der Waals surface area (Å²) < 4.78 is 47.2. The van der Waals surface area contributed by atoms with Gasteiger partial charge >= 0.3 is 12.1 Å². The molecule has 0 unspecified atom stereocenters. The Bertz CT molecular complexity index is 448. The van der Waals surface area contributed by atoms with E-state index in [0.717, 1.165) is 6.07 Å². The summed E-state index contributed by atoms with van der Waals surface area (Å²) in [5, 5.41) is 8.83. The third-order valence-electron chi connectivity index (χ3n) is 2.05. The molecule has 106 valence electrons. The highest BCUT2D eigenvalue weighted by Gasteiger charge is 2.33. The van der Waals surface area contributed by atoms with Crippen LogP contribution in [-0.4, -0.2) is 35.9 Å². The van der Waals surface area contributed by atoms with Crippen LogP contribution in [0.15, 0.2) is 12.1 Å². The molecule has 0 amide bonds. The topological polar surface area (TPSA) is 68.7 Å². The van der Waals surface area contributed by atoms with Crippen molar-refractivity contribution in [2.45, 2.75) is 13.1 Å². The quantitative estimate of drug-likeness (QED) is 0.808. The number of pyridine rings is 1. The van der Waals surface area contributed by atoms with Gasteiger partial charge in [-0.1, -0.05) is 0 Å². The molecule has 0 aliphatic rings. The third kappa shape index (κ3) is 4.40. The maximum atomic E-state index is 12.5. The highest BCUT2D eigenvalue weighted by atomic mass is 19.4. The second-order valence-electron chi connectivity index (χ2n) is 3.40. The lowest BCUT2D eigenvalue weighted by molar-refractivity contribution is -0.141. The van der Waals surface area contributed by atoms with Gasteiger partial charge in [-0.15, -0.1) is 0 Å². The van der Waals surface area contributed by atoms with Gasteiger partial charge in [0.05, 0.1) is 6.61 Å². The molecule has 1 N–H and O–H groups in total. The molecule has 0 atom stereocenters. The summed E-state index contributed by atoms with van der Waals surface area (Å²) in [6.45, 7) is 2.21. The van der Waals surface area contributed by atoms with Gasteiger partial charge in [0.15, 0.2) is 0 Å². The van der Waals surface area contributed by atoms with Gasteiger partial charge in [-0.3, -0.25) is 0 Å². The van der Waals surface area contributed by atoms with Crippen molar-refractivity contribution < 1.29 is 32.5 Å². The number of ether oxygens (including phenoxy) is 2. The van der Waals surface area contributed by atoms with E-state index < -0.39 is 29.3 Å². The number of hydrogen-bond acceptors (Lipinski definition) is 4. The maximum absolute atomic E-state index is 12.5. The fraction of sp³-hybridized carbons (Fsp3) is 0.455. The highest BCUT2D eigenvalue weighted by Crippen LogP contribution is 2.30. The monoisotopic (exact) mass is 279 g/mol. The predicted octanol–water partition coefficient (Wildman–Crippen LogP) is 2.21. The number of aromatic carboxylic acids is 1. The largest absolute Gasteiger partial charge is 0.477 e. The molecule has 19 heavy (non-hydrogen) atoms. The van der Waals surface area contributed by atoms with Crippen molar-refractivity contribution in [1.82, 2.24) is 4.98 Å².